The quantitative estimate of drug-likeness (QED) is 0.338. The van der Waals surface area contributed by atoms with E-state index in [0.29, 0.717) is 13.2 Å². The topological polar surface area (TPSA) is 61.8 Å². The number of Topliss-reactive ketones (excluding diaryl/α,β-unsaturated/α-hetero) is 1. The summed E-state index contributed by atoms with van der Waals surface area (Å²) < 4.78 is 16.9. The van der Waals surface area contributed by atoms with Crippen LogP contribution in [0.5, 0.6) is 0 Å². The van der Waals surface area contributed by atoms with Crippen LogP contribution >= 0.6 is 0 Å². The number of hydrogen-bond donors (Lipinski definition) is 0. The molecule has 25 heavy (non-hydrogen) atoms. The summed E-state index contributed by atoms with van der Waals surface area (Å²) >= 11 is 0. The van der Waals surface area contributed by atoms with E-state index in [1.807, 2.05) is 0 Å². The summed E-state index contributed by atoms with van der Waals surface area (Å²) in [7, 11) is 1.36. The first-order valence-corrected chi connectivity index (χ1v) is 9.92. The van der Waals surface area contributed by atoms with Gasteiger partial charge in [-0.1, -0.05) is 45.4 Å². The summed E-state index contributed by atoms with van der Waals surface area (Å²) in [6, 6.07) is 0. The number of ketones is 1. The average molecular weight is 354 g/mol. The highest BCUT2D eigenvalue weighted by molar-refractivity contribution is 5.98. The number of rotatable bonds is 10. The van der Waals surface area contributed by atoms with Gasteiger partial charge in [0, 0.05) is 12.3 Å². The number of unbranched alkanes of at least 4 members (excludes halogenated alkanes) is 5. The molecule has 1 saturated carbocycles. The Labute approximate surface area is 151 Å². The highest BCUT2D eigenvalue weighted by atomic mass is 16.7. The lowest BCUT2D eigenvalue weighted by Crippen LogP contribution is -2.41. The Kier molecular flexibility index (Phi) is 7.88. The molecule has 0 aromatic rings. The normalized spacial score (nSPS) is 26.0. The van der Waals surface area contributed by atoms with E-state index in [1.54, 1.807) is 0 Å². The van der Waals surface area contributed by atoms with Gasteiger partial charge in [0.2, 0.25) is 0 Å². The van der Waals surface area contributed by atoms with Crippen LogP contribution < -0.4 is 0 Å². The van der Waals surface area contributed by atoms with Gasteiger partial charge in [-0.25, -0.2) is 0 Å². The minimum atomic E-state index is -0.692. The maximum atomic E-state index is 12.2. The number of ether oxygens (including phenoxy) is 3. The molecule has 5 nitrogen and oxygen atoms in total. The SMILES string of the molecule is CCCCCCCCC1C(C(C(C)=O)C(=O)OC)CCC12OCCO2. The van der Waals surface area contributed by atoms with Crippen molar-refractivity contribution < 1.29 is 23.8 Å². The van der Waals surface area contributed by atoms with E-state index in [4.69, 9.17) is 14.2 Å². The third-order valence-electron chi connectivity index (χ3n) is 5.87. The van der Waals surface area contributed by atoms with Crippen molar-refractivity contribution in [2.75, 3.05) is 20.3 Å². The fourth-order valence-electron chi connectivity index (χ4n) is 4.66. The van der Waals surface area contributed by atoms with Crippen LogP contribution in [0.1, 0.15) is 71.6 Å². The van der Waals surface area contributed by atoms with Crippen LogP contribution in [-0.2, 0) is 23.8 Å². The van der Waals surface area contributed by atoms with E-state index in [0.717, 1.165) is 25.7 Å². The fraction of sp³-hybridized carbons (Fsp3) is 0.900. The van der Waals surface area contributed by atoms with Crippen molar-refractivity contribution in [1.29, 1.82) is 0 Å². The van der Waals surface area contributed by atoms with E-state index in [9.17, 15) is 9.59 Å². The van der Waals surface area contributed by atoms with Gasteiger partial charge in [0.25, 0.3) is 0 Å². The van der Waals surface area contributed by atoms with E-state index in [2.05, 4.69) is 6.92 Å². The van der Waals surface area contributed by atoms with Gasteiger partial charge in [-0.2, -0.15) is 0 Å². The van der Waals surface area contributed by atoms with Crippen molar-refractivity contribution in [1.82, 2.24) is 0 Å². The number of carbonyl (C=O) groups is 2. The first kappa shape index (κ1) is 20.4. The zero-order valence-electron chi connectivity index (χ0n) is 16.1. The number of hydrogen-bond acceptors (Lipinski definition) is 5. The van der Waals surface area contributed by atoms with Gasteiger partial charge in [-0.05, 0) is 25.7 Å². The second-order valence-electron chi connectivity index (χ2n) is 7.49. The van der Waals surface area contributed by atoms with Gasteiger partial charge in [0.05, 0.1) is 20.3 Å². The summed E-state index contributed by atoms with van der Waals surface area (Å²) in [6.07, 6.45) is 9.81. The van der Waals surface area contributed by atoms with Crippen LogP contribution in [0.15, 0.2) is 0 Å². The molecule has 1 spiro atoms. The summed E-state index contributed by atoms with van der Waals surface area (Å²) in [5.41, 5.74) is 0. The molecular weight excluding hydrogens is 320 g/mol. The van der Waals surface area contributed by atoms with E-state index in [1.165, 1.54) is 46.1 Å². The molecule has 0 aromatic carbocycles. The second-order valence-corrected chi connectivity index (χ2v) is 7.49. The van der Waals surface area contributed by atoms with E-state index >= 15 is 0 Å². The van der Waals surface area contributed by atoms with E-state index < -0.39 is 17.7 Å². The molecule has 5 heteroatoms. The first-order chi connectivity index (χ1) is 12.1. The lowest BCUT2D eigenvalue weighted by atomic mass is 9.78. The van der Waals surface area contributed by atoms with Gasteiger partial charge in [-0.3, -0.25) is 9.59 Å². The van der Waals surface area contributed by atoms with Crippen molar-refractivity contribution in [2.24, 2.45) is 17.8 Å². The van der Waals surface area contributed by atoms with Crippen molar-refractivity contribution in [3.8, 4) is 0 Å². The van der Waals surface area contributed by atoms with Gasteiger partial charge < -0.3 is 14.2 Å². The molecule has 144 valence electrons. The van der Waals surface area contributed by atoms with Crippen LogP contribution in [0.3, 0.4) is 0 Å². The molecule has 0 aromatic heterocycles. The molecule has 3 atom stereocenters. The highest BCUT2D eigenvalue weighted by Gasteiger charge is 2.56. The van der Waals surface area contributed by atoms with Gasteiger partial charge >= 0.3 is 5.97 Å². The predicted octanol–water partition coefficient (Wildman–Crippen LogP) is 3.88. The van der Waals surface area contributed by atoms with Crippen LogP contribution in [0.25, 0.3) is 0 Å². The summed E-state index contributed by atoms with van der Waals surface area (Å²) in [5.74, 6) is -1.76. The second kappa shape index (κ2) is 9.67. The molecule has 1 aliphatic heterocycles. The Morgan fingerprint density at radius 2 is 1.76 bits per heavy atom. The molecule has 0 bridgehead atoms. The lowest BCUT2D eigenvalue weighted by molar-refractivity contribution is -0.191. The third kappa shape index (κ3) is 4.82. The zero-order valence-corrected chi connectivity index (χ0v) is 16.1. The Morgan fingerprint density at radius 1 is 1.12 bits per heavy atom. The van der Waals surface area contributed by atoms with Crippen molar-refractivity contribution in [3.63, 3.8) is 0 Å². The Morgan fingerprint density at radius 3 is 2.36 bits per heavy atom. The lowest BCUT2D eigenvalue weighted by Gasteiger charge is -2.34. The number of esters is 1. The minimum absolute atomic E-state index is 0.0429. The van der Waals surface area contributed by atoms with E-state index in [-0.39, 0.29) is 17.6 Å². The molecule has 0 N–H and O–H groups in total. The van der Waals surface area contributed by atoms with Crippen molar-refractivity contribution >= 4 is 11.8 Å². The fourth-order valence-corrected chi connectivity index (χ4v) is 4.66. The largest absolute Gasteiger partial charge is 0.468 e. The molecule has 0 amide bonds. The summed E-state index contributed by atoms with van der Waals surface area (Å²) in [4.78, 5) is 24.4. The summed E-state index contributed by atoms with van der Waals surface area (Å²) in [6.45, 7) is 4.91. The molecule has 1 saturated heterocycles. The molecular formula is C20H34O5. The van der Waals surface area contributed by atoms with Crippen LogP contribution in [0.4, 0.5) is 0 Å². The van der Waals surface area contributed by atoms with Crippen molar-refractivity contribution in [3.05, 3.63) is 0 Å². The monoisotopic (exact) mass is 354 g/mol. The molecule has 3 unspecified atom stereocenters. The molecule has 0 radical (unpaired) electrons. The van der Waals surface area contributed by atoms with Crippen molar-refractivity contribution in [2.45, 2.75) is 77.4 Å². The highest BCUT2D eigenvalue weighted by Crippen LogP contribution is 2.51. The molecule has 2 fully saturated rings. The maximum absolute atomic E-state index is 12.2. The molecule has 1 heterocycles. The van der Waals surface area contributed by atoms with Gasteiger partial charge in [0.1, 0.15) is 11.7 Å². The van der Waals surface area contributed by atoms with Crippen LogP contribution in [0.2, 0.25) is 0 Å². The van der Waals surface area contributed by atoms with Crippen LogP contribution in [-0.4, -0.2) is 37.9 Å². The Balaban J connectivity index is 2.04. The standard InChI is InChI=1S/C20H34O5/c1-4-5-6-7-8-9-10-17-16(18(15(2)21)19(22)23-3)11-12-20(17)24-13-14-25-20/h16-18H,4-14H2,1-3H3. The molecule has 2 rings (SSSR count). The molecule has 1 aliphatic carbocycles. The third-order valence-corrected chi connectivity index (χ3v) is 5.87. The Hall–Kier alpha value is -0.940. The first-order valence-electron chi connectivity index (χ1n) is 9.92. The van der Waals surface area contributed by atoms with Crippen LogP contribution in [0, 0.1) is 17.8 Å². The smallest absolute Gasteiger partial charge is 0.316 e. The van der Waals surface area contributed by atoms with Gasteiger partial charge in [0.15, 0.2) is 5.79 Å². The zero-order chi connectivity index (χ0) is 18.3. The minimum Gasteiger partial charge on any atom is -0.468 e. The number of methoxy groups -OCH3 is 1. The Bertz CT molecular complexity index is 441. The maximum Gasteiger partial charge on any atom is 0.316 e. The molecule has 2 aliphatic rings. The summed E-state index contributed by atoms with van der Waals surface area (Å²) in [5, 5.41) is 0. The van der Waals surface area contributed by atoms with Gasteiger partial charge in [-0.15, -0.1) is 0 Å². The average Bonchev–Trinajstić information content (AvgIpc) is 3.20. The number of carbonyl (C=O) groups excluding carboxylic acids is 2. The predicted molar refractivity (Wildman–Crippen MR) is 95.0 cm³/mol.